The van der Waals surface area contributed by atoms with Crippen LogP contribution in [-0.2, 0) is 14.6 Å². The van der Waals surface area contributed by atoms with Crippen LogP contribution >= 0.6 is 0 Å². The summed E-state index contributed by atoms with van der Waals surface area (Å²) in [6.45, 7) is 6.03. The Morgan fingerprint density at radius 2 is 1.67 bits per heavy atom. The maximum Gasteiger partial charge on any atom is 0.185 e. The van der Waals surface area contributed by atoms with Gasteiger partial charge in [-0.15, -0.1) is 0 Å². The molecule has 4 heteroatoms. The van der Waals surface area contributed by atoms with Gasteiger partial charge in [-0.3, -0.25) is 4.79 Å². The molecule has 0 spiro atoms. The summed E-state index contributed by atoms with van der Waals surface area (Å²) in [6.07, 6.45) is 0.323. The normalized spacial score (nSPS) is 13.6. The standard InChI is InChI=1S/C14H20O3S/c1-11(2)12(3)9-13(15)10-18(16,17)14-7-5-4-6-8-14/h4-8,11-12H,9-10H2,1-3H3/t12-/m1/s1. The van der Waals surface area contributed by atoms with E-state index in [0.29, 0.717) is 12.3 Å². The average molecular weight is 268 g/mol. The summed E-state index contributed by atoms with van der Waals surface area (Å²) >= 11 is 0. The summed E-state index contributed by atoms with van der Waals surface area (Å²) in [5, 5.41) is 0. The fraction of sp³-hybridized carbons (Fsp3) is 0.500. The first-order valence-corrected chi connectivity index (χ1v) is 7.77. The molecule has 0 aliphatic carbocycles. The van der Waals surface area contributed by atoms with Gasteiger partial charge >= 0.3 is 0 Å². The zero-order valence-corrected chi connectivity index (χ0v) is 11.9. The van der Waals surface area contributed by atoms with E-state index in [2.05, 4.69) is 0 Å². The molecule has 0 heterocycles. The summed E-state index contributed by atoms with van der Waals surface area (Å²) in [6, 6.07) is 8.12. The Hall–Kier alpha value is -1.16. The molecule has 0 radical (unpaired) electrons. The van der Waals surface area contributed by atoms with Gasteiger partial charge in [0, 0.05) is 6.42 Å². The van der Waals surface area contributed by atoms with E-state index in [-0.39, 0.29) is 16.6 Å². The van der Waals surface area contributed by atoms with E-state index in [9.17, 15) is 13.2 Å². The lowest BCUT2D eigenvalue weighted by Crippen LogP contribution is -2.20. The molecule has 3 nitrogen and oxygen atoms in total. The number of Topliss-reactive ketones (excluding diaryl/α,β-unsaturated/α-hetero) is 1. The highest BCUT2D eigenvalue weighted by Crippen LogP contribution is 2.16. The van der Waals surface area contributed by atoms with Gasteiger partial charge in [-0.05, 0) is 24.0 Å². The summed E-state index contributed by atoms with van der Waals surface area (Å²) in [5.74, 6) is -0.00874. The lowest BCUT2D eigenvalue weighted by atomic mass is 9.93. The van der Waals surface area contributed by atoms with E-state index in [1.165, 1.54) is 12.1 Å². The Bertz CT molecular complexity index is 489. The van der Waals surface area contributed by atoms with Crippen LogP contribution in [0, 0.1) is 11.8 Å². The third kappa shape index (κ3) is 4.26. The van der Waals surface area contributed by atoms with Gasteiger partial charge in [0.2, 0.25) is 0 Å². The first-order valence-electron chi connectivity index (χ1n) is 6.12. The Morgan fingerprint density at radius 3 is 2.17 bits per heavy atom. The molecule has 100 valence electrons. The van der Waals surface area contributed by atoms with Gasteiger partial charge in [0.15, 0.2) is 9.84 Å². The van der Waals surface area contributed by atoms with Gasteiger partial charge in [0.1, 0.15) is 11.5 Å². The number of rotatable bonds is 6. The van der Waals surface area contributed by atoms with Crippen LogP contribution < -0.4 is 0 Å². The number of sulfone groups is 1. The van der Waals surface area contributed by atoms with E-state index in [0.717, 1.165) is 0 Å². The lowest BCUT2D eigenvalue weighted by Gasteiger charge is -2.14. The minimum Gasteiger partial charge on any atom is -0.299 e. The van der Waals surface area contributed by atoms with Crippen molar-refractivity contribution in [2.45, 2.75) is 32.1 Å². The third-order valence-corrected chi connectivity index (χ3v) is 4.83. The third-order valence-electron chi connectivity index (χ3n) is 3.14. The van der Waals surface area contributed by atoms with Crippen LogP contribution in [0.1, 0.15) is 27.2 Å². The van der Waals surface area contributed by atoms with Gasteiger partial charge in [-0.2, -0.15) is 0 Å². The SMILES string of the molecule is CC(C)[C@H](C)CC(=O)CS(=O)(=O)c1ccccc1. The van der Waals surface area contributed by atoms with Crippen LogP contribution in [0.15, 0.2) is 35.2 Å². The molecule has 1 rings (SSSR count). The van der Waals surface area contributed by atoms with Gasteiger partial charge in [0.25, 0.3) is 0 Å². The van der Waals surface area contributed by atoms with E-state index in [1.54, 1.807) is 18.2 Å². The van der Waals surface area contributed by atoms with Gasteiger partial charge in [-0.25, -0.2) is 8.42 Å². The molecule has 18 heavy (non-hydrogen) atoms. The van der Waals surface area contributed by atoms with E-state index in [1.807, 2.05) is 20.8 Å². The number of benzene rings is 1. The van der Waals surface area contributed by atoms with Crippen LogP contribution in [0.3, 0.4) is 0 Å². The molecule has 1 aromatic carbocycles. The highest BCUT2D eigenvalue weighted by atomic mass is 32.2. The maximum atomic E-state index is 12.0. The Kier molecular flexibility index (Phi) is 5.08. The van der Waals surface area contributed by atoms with Crippen LogP contribution in [0.4, 0.5) is 0 Å². The fourth-order valence-electron chi connectivity index (χ4n) is 1.58. The van der Waals surface area contributed by atoms with Crippen molar-refractivity contribution >= 4 is 15.6 Å². The second kappa shape index (κ2) is 6.14. The summed E-state index contributed by atoms with van der Waals surface area (Å²) in [4.78, 5) is 12.0. The fourth-order valence-corrected chi connectivity index (χ4v) is 2.86. The summed E-state index contributed by atoms with van der Waals surface area (Å²) in [5.41, 5.74) is 0. The number of hydrogen-bond acceptors (Lipinski definition) is 3. The largest absolute Gasteiger partial charge is 0.299 e. The van der Waals surface area contributed by atoms with Crippen molar-refractivity contribution in [1.29, 1.82) is 0 Å². The molecule has 1 aromatic rings. The summed E-state index contributed by atoms with van der Waals surface area (Å²) < 4.78 is 23.9. The minimum atomic E-state index is -3.48. The van der Waals surface area contributed by atoms with Crippen LogP contribution in [0.5, 0.6) is 0 Å². The molecule has 0 unspecified atom stereocenters. The molecule has 0 saturated carbocycles. The van der Waals surface area contributed by atoms with Crippen molar-refractivity contribution < 1.29 is 13.2 Å². The zero-order chi connectivity index (χ0) is 13.8. The van der Waals surface area contributed by atoms with Crippen molar-refractivity contribution in [2.75, 3.05) is 5.75 Å². The second-order valence-electron chi connectivity index (χ2n) is 5.04. The van der Waals surface area contributed by atoms with E-state index >= 15 is 0 Å². The number of ketones is 1. The van der Waals surface area contributed by atoms with Crippen molar-refractivity contribution in [3.63, 3.8) is 0 Å². The molecule has 1 atom stereocenters. The topological polar surface area (TPSA) is 51.2 Å². The van der Waals surface area contributed by atoms with Crippen molar-refractivity contribution in [2.24, 2.45) is 11.8 Å². The van der Waals surface area contributed by atoms with Crippen LogP contribution in [0.25, 0.3) is 0 Å². The Balaban J connectivity index is 2.70. The number of carbonyl (C=O) groups is 1. The van der Waals surface area contributed by atoms with Gasteiger partial charge in [0.05, 0.1) is 4.90 Å². The van der Waals surface area contributed by atoms with Crippen molar-refractivity contribution in [3.8, 4) is 0 Å². The predicted octanol–water partition coefficient (Wildman–Crippen LogP) is 2.71. The molecule has 0 aliphatic heterocycles. The predicted molar refractivity (Wildman–Crippen MR) is 72.1 cm³/mol. The van der Waals surface area contributed by atoms with Crippen LogP contribution in [-0.4, -0.2) is 20.0 Å². The number of carbonyl (C=O) groups excluding carboxylic acids is 1. The van der Waals surface area contributed by atoms with E-state index < -0.39 is 15.6 Å². The first kappa shape index (κ1) is 14.9. The lowest BCUT2D eigenvalue weighted by molar-refractivity contribution is -0.117. The smallest absolute Gasteiger partial charge is 0.185 e. The minimum absolute atomic E-state index is 0.208. The monoisotopic (exact) mass is 268 g/mol. The first-order chi connectivity index (χ1) is 8.33. The molecule has 0 fully saturated rings. The average Bonchev–Trinajstić information content (AvgIpc) is 2.29. The molecule has 0 aromatic heterocycles. The molecule has 0 bridgehead atoms. The Labute approximate surface area is 109 Å². The van der Waals surface area contributed by atoms with Crippen molar-refractivity contribution in [1.82, 2.24) is 0 Å². The maximum absolute atomic E-state index is 12.0. The van der Waals surface area contributed by atoms with Gasteiger partial charge < -0.3 is 0 Å². The van der Waals surface area contributed by atoms with Crippen molar-refractivity contribution in [3.05, 3.63) is 30.3 Å². The quantitative estimate of drug-likeness (QED) is 0.797. The highest BCUT2D eigenvalue weighted by molar-refractivity contribution is 7.92. The molecular formula is C14H20O3S. The molecule has 0 N–H and O–H groups in total. The molecule has 0 aliphatic rings. The molecular weight excluding hydrogens is 248 g/mol. The summed E-state index contributed by atoms with van der Waals surface area (Å²) in [7, 11) is -3.48. The second-order valence-corrected chi connectivity index (χ2v) is 7.03. The van der Waals surface area contributed by atoms with Crippen LogP contribution in [0.2, 0.25) is 0 Å². The van der Waals surface area contributed by atoms with Gasteiger partial charge in [-0.1, -0.05) is 39.0 Å². The Morgan fingerprint density at radius 1 is 1.11 bits per heavy atom. The van der Waals surface area contributed by atoms with E-state index in [4.69, 9.17) is 0 Å². The zero-order valence-electron chi connectivity index (χ0n) is 11.1. The number of hydrogen-bond donors (Lipinski definition) is 0. The highest BCUT2D eigenvalue weighted by Gasteiger charge is 2.21. The molecule has 0 amide bonds. The molecule has 0 saturated heterocycles.